The van der Waals surface area contributed by atoms with Gasteiger partial charge in [0, 0.05) is 24.6 Å². The van der Waals surface area contributed by atoms with Crippen molar-refractivity contribution in [2.75, 3.05) is 7.05 Å². The number of fused-ring (bicyclic) bond motifs is 1. The standard InChI is InChI=1S/C23H25N3O/c1-16-14-21(17(2)26(16)19-10-7-13-24-15-19)23(27)25(3)22-12-6-9-18-8-4-5-11-20(18)22/h4-5,7-8,10-11,13-15,22H,6,9,12H2,1-3H3/t22-/m1/s1. The van der Waals surface area contributed by atoms with Gasteiger partial charge in [-0.25, -0.2) is 0 Å². The zero-order valence-corrected chi connectivity index (χ0v) is 16.1. The zero-order chi connectivity index (χ0) is 19.0. The van der Waals surface area contributed by atoms with Crippen molar-refractivity contribution in [2.24, 2.45) is 0 Å². The van der Waals surface area contributed by atoms with Crippen LogP contribution in [0.3, 0.4) is 0 Å². The van der Waals surface area contributed by atoms with Gasteiger partial charge in [0.2, 0.25) is 0 Å². The second-order valence-electron chi connectivity index (χ2n) is 7.35. The normalized spacial score (nSPS) is 16.0. The molecule has 0 radical (unpaired) electrons. The van der Waals surface area contributed by atoms with Crippen LogP contribution in [0.25, 0.3) is 5.69 Å². The third-order valence-corrected chi connectivity index (χ3v) is 5.69. The van der Waals surface area contributed by atoms with Crippen molar-refractivity contribution in [3.8, 4) is 5.69 Å². The molecular weight excluding hydrogens is 334 g/mol. The van der Waals surface area contributed by atoms with E-state index in [0.29, 0.717) is 0 Å². The van der Waals surface area contributed by atoms with Crippen molar-refractivity contribution in [3.05, 3.63) is 82.9 Å². The van der Waals surface area contributed by atoms with Gasteiger partial charge in [0.25, 0.3) is 5.91 Å². The molecule has 1 amide bonds. The second kappa shape index (κ2) is 7.03. The van der Waals surface area contributed by atoms with Gasteiger partial charge in [-0.3, -0.25) is 9.78 Å². The number of rotatable bonds is 3. The summed E-state index contributed by atoms with van der Waals surface area (Å²) in [5.74, 6) is 0.0833. The number of amides is 1. The molecule has 0 unspecified atom stereocenters. The van der Waals surface area contributed by atoms with Gasteiger partial charge >= 0.3 is 0 Å². The fourth-order valence-corrected chi connectivity index (χ4v) is 4.32. The summed E-state index contributed by atoms with van der Waals surface area (Å²) in [6, 6.07) is 14.6. The fourth-order valence-electron chi connectivity index (χ4n) is 4.32. The van der Waals surface area contributed by atoms with Crippen molar-refractivity contribution >= 4 is 5.91 Å². The highest BCUT2D eigenvalue weighted by molar-refractivity contribution is 5.96. The summed E-state index contributed by atoms with van der Waals surface area (Å²) in [5.41, 5.74) is 6.41. The molecule has 27 heavy (non-hydrogen) atoms. The molecule has 0 saturated heterocycles. The van der Waals surface area contributed by atoms with Gasteiger partial charge in [-0.05, 0) is 62.4 Å². The largest absolute Gasteiger partial charge is 0.335 e. The van der Waals surface area contributed by atoms with Crippen LogP contribution in [0.2, 0.25) is 0 Å². The minimum Gasteiger partial charge on any atom is -0.335 e. The predicted octanol–water partition coefficient (Wildman–Crippen LogP) is 4.64. The van der Waals surface area contributed by atoms with E-state index in [0.717, 1.165) is 41.9 Å². The molecule has 0 saturated carbocycles. The van der Waals surface area contributed by atoms with E-state index in [-0.39, 0.29) is 11.9 Å². The smallest absolute Gasteiger partial charge is 0.255 e. The first-order chi connectivity index (χ1) is 13.1. The molecule has 1 atom stereocenters. The lowest BCUT2D eigenvalue weighted by molar-refractivity contribution is 0.0714. The third kappa shape index (κ3) is 3.05. The summed E-state index contributed by atoms with van der Waals surface area (Å²) in [6.45, 7) is 4.04. The molecule has 4 nitrogen and oxygen atoms in total. The Morgan fingerprint density at radius 2 is 2.00 bits per heavy atom. The molecule has 4 heteroatoms. The Kier molecular flexibility index (Phi) is 4.56. The lowest BCUT2D eigenvalue weighted by atomic mass is 9.87. The summed E-state index contributed by atoms with van der Waals surface area (Å²) in [7, 11) is 1.94. The Bertz CT molecular complexity index is 975. The third-order valence-electron chi connectivity index (χ3n) is 5.69. The monoisotopic (exact) mass is 359 g/mol. The van der Waals surface area contributed by atoms with Gasteiger partial charge < -0.3 is 9.47 Å². The number of pyridine rings is 1. The predicted molar refractivity (Wildman–Crippen MR) is 107 cm³/mol. The number of carbonyl (C=O) groups is 1. The molecule has 3 aromatic rings. The quantitative estimate of drug-likeness (QED) is 0.683. The van der Waals surface area contributed by atoms with Gasteiger partial charge in [0.1, 0.15) is 0 Å². The van der Waals surface area contributed by atoms with Crippen LogP contribution in [0.15, 0.2) is 54.9 Å². The van der Waals surface area contributed by atoms with Gasteiger partial charge in [-0.1, -0.05) is 24.3 Å². The Balaban J connectivity index is 1.68. The van der Waals surface area contributed by atoms with Crippen molar-refractivity contribution in [3.63, 3.8) is 0 Å². The van der Waals surface area contributed by atoms with Crippen molar-refractivity contribution in [2.45, 2.75) is 39.2 Å². The van der Waals surface area contributed by atoms with E-state index in [4.69, 9.17) is 0 Å². The Hall–Kier alpha value is -2.88. The summed E-state index contributed by atoms with van der Waals surface area (Å²) >= 11 is 0. The molecule has 0 N–H and O–H groups in total. The van der Waals surface area contributed by atoms with Crippen LogP contribution in [0, 0.1) is 13.8 Å². The molecule has 0 aliphatic heterocycles. The average Bonchev–Trinajstić information content (AvgIpc) is 3.01. The molecule has 2 heterocycles. The molecule has 138 valence electrons. The van der Waals surface area contributed by atoms with Crippen LogP contribution in [-0.4, -0.2) is 27.4 Å². The van der Waals surface area contributed by atoms with Crippen LogP contribution in [-0.2, 0) is 6.42 Å². The van der Waals surface area contributed by atoms with Crippen molar-refractivity contribution in [1.82, 2.24) is 14.5 Å². The van der Waals surface area contributed by atoms with Crippen molar-refractivity contribution in [1.29, 1.82) is 0 Å². The maximum atomic E-state index is 13.4. The maximum absolute atomic E-state index is 13.4. The van der Waals surface area contributed by atoms with E-state index >= 15 is 0 Å². The molecule has 1 aromatic carbocycles. The number of hydrogen-bond donors (Lipinski definition) is 0. The molecular formula is C23H25N3O. The van der Waals surface area contributed by atoms with Gasteiger partial charge in [0.05, 0.1) is 23.5 Å². The fraction of sp³-hybridized carbons (Fsp3) is 0.304. The minimum absolute atomic E-state index is 0.0833. The van der Waals surface area contributed by atoms with Crippen LogP contribution in [0.1, 0.15) is 51.8 Å². The molecule has 0 fully saturated rings. The van der Waals surface area contributed by atoms with Gasteiger partial charge in [-0.2, -0.15) is 0 Å². The first-order valence-electron chi connectivity index (χ1n) is 9.52. The van der Waals surface area contributed by atoms with E-state index in [1.54, 1.807) is 6.20 Å². The summed E-state index contributed by atoms with van der Waals surface area (Å²) in [4.78, 5) is 19.5. The van der Waals surface area contributed by atoms with Crippen LogP contribution in [0.5, 0.6) is 0 Å². The minimum atomic E-state index is 0.0833. The molecule has 1 aliphatic rings. The van der Waals surface area contributed by atoms with Crippen LogP contribution in [0.4, 0.5) is 0 Å². The lowest BCUT2D eigenvalue weighted by Gasteiger charge is -2.33. The molecule has 4 rings (SSSR count). The van der Waals surface area contributed by atoms with Crippen LogP contribution >= 0.6 is 0 Å². The number of hydrogen-bond acceptors (Lipinski definition) is 2. The van der Waals surface area contributed by atoms with Crippen LogP contribution < -0.4 is 0 Å². The van der Waals surface area contributed by atoms with E-state index < -0.39 is 0 Å². The SMILES string of the molecule is Cc1cc(C(=O)N(C)[C@@H]2CCCc3ccccc32)c(C)n1-c1cccnc1. The number of aryl methyl sites for hydroxylation is 2. The first kappa shape index (κ1) is 17.5. The average molecular weight is 359 g/mol. The summed E-state index contributed by atoms with van der Waals surface area (Å²) < 4.78 is 2.10. The molecule has 0 bridgehead atoms. The number of carbonyl (C=O) groups excluding carboxylic acids is 1. The van der Waals surface area contributed by atoms with E-state index in [2.05, 4.69) is 33.8 Å². The lowest BCUT2D eigenvalue weighted by Crippen LogP contribution is -2.33. The van der Waals surface area contributed by atoms with Crippen molar-refractivity contribution < 1.29 is 4.79 Å². The van der Waals surface area contributed by atoms with E-state index in [9.17, 15) is 4.79 Å². The Morgan fingerprint density at radius 1 is 1.19 bits per heavy atom. The highest BCUT2D eigenvalue weighted by Gasteiger charge is 2.29. The van der Waals surface area contributed by atoms with Gasteiger partial charge in [0.15, 0.2) is 0 Å². The Labute approximate surface area is 160 Å². The maximum Gasteiger partial charge on any atom is 0.255 e. The zero-order valence-electron chi connectivity index (χ0n) is 16.1. The Morgan fingerprint density at radius 3 is 2.78 bits per heavy atom. The van der Waals surface area contributed by atoms with E-state index in [1.807, 2.05) is 50.2 Å². The molecule has 1 aliphatic carbocycles. The summed E-state index contributed by atoms with van der Waals surface area (Å²) in [6.07, 6.45) is 6.83. The van der Waals surface area contributed by atoms with Gasteiger partial charge in [-0.15, -0.1) is 0 Å². The first-order valence-corrected chi connectivity index (χ1v) is 9.52. The number of benzene rings is 1. The van der Waals surface area contributed by atoms with E-state index in [1.165, 1.54) is 11.1 Å². The number of nitrogens with zero attached hydrogens (tertiary/aromatic N) is 3. The number of aromatic nitrogens is 2. The molecule has 0 spiro atoms. The highest BCUT2D eigenvalue weighted by atomic mass is 16.2. The highest BCUT2D eigenvalue weighted by Crippen LogP contribution is 2.34. The molecule has 2 aromatic heterocycles. The second-order valence-corrected chi connectivity index (χ2v) is 7.35. The summed E-state index contributed by atoms with van der Waals surface area (Å²) in [5, 5.41) is 0. The topological polar surface area (TPSA) is 38.1 Å².